The molecule has 1 fully saturated rings. The van der Waals surface area contributed by atoms with Gasteiger partial charge >= 0.3 is 5.97 Å². The van der Waals surface area contributed by atoms with Crippen LogP contribution in [0.2, 0.25) is 0 Å². The minimum Gasteiger partial charge on any atom is -0.508 e. The van der Waals surface area contributed by atoms with E-state index in [9.17, 15) is 9.90 Å². The number of hydrogen-bond acceptors (Lipinski definition) is 4. The summed E-state index contributed by atoms with van der Waals surface area (Å²) < 4.78 is 5.93. The maximum atomic E-state index is 12.7. The summed E-state index contributed by atoms with van der Waals surface area (Å²) in [5.41, 5.74) is 2.88. The molecule has 0 aliphatic heterocycles. The van der Waals surface area contributed by atoms with E-state index in [4.69, 9.17) is 4.74 Å². The van der Waals surface area contributed by atoms with Crippen molar-refractivity contribution in [3.05, 3.63) is 59.2 Å². The topological polar surface area (TPSA) is 49.8 Å². The Morgan fingerprint density at radius 1 is 1.06 bits per heavy atom. The SMILES string of the molecule is Cc1c(O)ccc(OC(=O)C2CCC2)c1[C@H](CCN(C(C)C)C(C)C)c1ccccc1.Cl. The molecule has 2 aromatic rings. The second kappa shape index (κ2) is 11.7. The molecule has 5 heteroatoms. The lowest BCUT2D eigenvalue weighted by Crippen LogP contribution is -2.38. The van der Waals surface area contributed by atoms with Crippen LogP contribution in [0.15, 0.2) is 42.5 Å². The van der Waals surface area contributed by atoms with Gasteiger partial charge in [0, 0.05) is 23.6 Å². The van der Waals surface area contributed by atoms with Crippen molar-refractivity contribution >= 4 is 18.4 Å². The molecule has 1 aliphatic rings. The predicted octanol–water partition coefficient (Wildman–Crippen LogP) is 6.47. The molecule has 1 N–H and O–H groups in total. The number of nitrogens with zero attached hydrogens (tertiary/aromatic N) is 1. The third kappa shape index (κ3) is 6.05. The summed E-state index contributed by atoms with van der Waals surface area (Å²) in [5, 5.41) is 10.5. The van der Waals surface area contributed by atoms with E-state index in [1.54, 1.807) is 12.1 Å². The number of carbonyl (C=O) groups is 1. The molecule has 0 saturated heterocycles. The smallest absolute Gasteiger partial charge is 0.314 e. The fourth-order valence-corrected chi connectivity index (χ4v) is 4.60. The van der Waals surface area contributed by atoms with Gasteiger partial charge in [-0.1, -0.05) is 36.8 Å². The highest BCUT2D eigenvalue weighted by atomic mass is 35.5. The van der Waals surface area contributed by atoms with Crippen LogP contribution in [0.4, 0.5) is 0 Å². The van der Waals surface area contributed by atoms with Crippen LogP contribution < -0.4 is 4.74 Å². The summed E-state index contributed by atoms with van der Waals surface area (Å²) in [6.45, 7) is 11.7. The van der Waals surface area contributed by atoms with Crippen molar-refractivity contribution in [1.82, 2.24) is 4.90 Å². The van der Waals surface area contributed by atoms with Crippen molar-refractivity contribution in [3.63, 3.8) is 0 Å². The summed E-state index contributed by atoms with van der Waals surface area (Å²) in [4.78, 5) is 15.1. The highest BCUT2D eigenvalue weighted by molar-refractivity contribution is 5.85. The van der Waals surface area contributed by atoms with Crippen molar-refractivity contribution in [1.29, 1.82) is 0 Å². The fourth-order valence-electron chi connectivity index (χ4n) is 4.60. The van der Waals surface area contributed by atoms with Gasteiger partial charge in [0.1, 0.15) is 11.5 Å². The van der Waals surface area contributed by atoms with Crippen molar-refractivity contribution in [2.24, 2.45) is 5.92 Å². The standard InChI is InChI=1S/C27H37NO3.ClH/c1-18(2)28(19(3)4)17-16-23(21-10-7-6-8-11-21)26-20(5)24(29)14-15-25(26)31-27(30)22-12-9-13-22;/h6-8,10-11,14-15,18-19,22-23,29H,9,12-13,16-17H2,1-5H3;1H/t23-;/m1./s1. The Labute approximate surface area is 199 Å². The second-order valence-corrected chi connectivity index (χ2v) is 9.35. The van der Waals surface area contributed by atoms with Gasteiger partial charge in [-0.2, -0.15) is 0 Å². The Balaban J connectivity index is 0.00000363. The molecule has 0 spiro atoms. The molecule has 0 amide bonds. The number of phenolic OH excluding ortho intramolecular Hbond substituents is 1. The van der Waals surface area contributed by atoms with Crippen LogP contribution >= 0.6 is 12.4 Å². The average Bonchev–Trinajstić information content (AvgIpc) is 2.68. The van der Waals surface area contributed by atoms with E-state index in [2.05, 4.69) is 44.7 Å². The van der Waals surface area contributed by atoms with Gasteiger partial charge < -0.3 is 9.84 Å². The first kappa shape index (κ1) is 26.2. The van der Waals surface area contributed by atoms with Gasteiger partial charge in [0.05, 0.1) is 5.92 Å². The number of aromatic hydroxyl groups is 1. The van der Waals surface area contributed by atoms with Crippen molar-refractivity contribution in [3.8, 4) is 11.5 Å². The Morgan fingerprint density at radius 2 is 1.69 bits per heavy atom. The number of carbonyl (C=O) groups excluding carboxylic acids is 1. The van der Waals surface area contributed by atoms with E-state index in [0.29, 0.717) is 17.8 Å². The first-order chi connectivity index (χ1) is 14.8. The third-order valence-corrected chi connectivity index (χ3v) is 6.65. The number of phenols is 1. The van der Waals surface area contributed by atoms with Crippen LogP contribution in [0.5, 0.6) is 11.5 Å². The third-order valence-electron chi connectivity index (χ3n) is 6.65. The van der Waals surface area contributed by atoms with Crippen molar-refractivity contribution in [2.45, 2.75) is 78.3 Å². The summed E-state index contributed by atoms with van der Waals surface area (Å²) in [6, 6.07) is 14.6. The van der Waals surface area contributed by atoms with Crippen molar-refractivity contribution < 1.29 is 14.6 Å². The summed E-state index contributed by atoms with van der Waals surface area (Å²) in [7, 11) is 0. The van der Waals surface area contributed by atoms with Gasteiger partial charge in [-0.25, -0.2) is 0 Å². The fraction of sp³-hybridized carbons (Fsp3) is 0.519. The number of rotatable bonds is 9. The van der Waals surface area contributed by atoms with Crippen LogP contribution in [-0.4, -0.2) is 34.6 Å². The Morgan fingerprint density at radius 3 is 2.22 bits per heavy atom. The van der Waals surface area contributed by atoms with Crippen LogP contribution in [0.25, 0.3) is 0 Å². The molecule has 0 radical (unpaired) electrons. The average molecular weight is 460 g/mol. The minimum absolute atomic E-state index is 0. The lowest BCUT2D eigenvalue weighted by Gasteiger charge is -2.33. The molecular weight excluding hydrogens is 422 g/mol. The van der Waals surface area contributed by atoms with Gasteiger partial charge in [-0.05, 0) is 83.7 Å². The molecule has 1 aliphatic carbocycles. The monoisotopic (exact) mass is 459 g/mol. The molecule has 3 rings (SSSR count). The molecule has 0 heterocycles. The van der Waals surface area contributed by atoms with Gasteiger partial charge in [-0.3, -0.25) is 9.69 Å². The zero-order chi connectivity index (χ0) is 22.5. The summed E-state index contributed by atoms with van der Waals surface area (Å²) in [6.07, 6.45) is 3.78. The Bertz CT molecular complexity index is 870. The zero-order valence-electron chi connectivity index (χ0n) is 20.0. The lowest BCUT2D eigenvalue weighted by atomic mass is 9.84. The normalized spacial score (nSPS) is 14.9. The maximum absolute atomic E-state index is 12.7. The highest BCUT2D eigenvalue weighted by Crippen LogP contribution is 2.41. The van der Waals surface area contributed by atoms with Crippen LogP contribution in [0.3, 0.4) is 0 Å². The van der Waals surface area contributed by atoms with E-state index >= 15 is 0 Å². The Kier molecular flexibility index (Phi) is 9.60. The molecule has 0 aromatic heterocycles. The molecule has 32 heavy (non-hydrogen) atoms. The van der Waals surface area contributed by atoms with Crippen molar-refractivity contribution in [2.75, 3.05) is 6.54 Å². The van der Waals surface area contributed by atoms with Crippen LogP contribution in [0.1, 0.15) is 76.0 Å². The molecule has 4 nitrogen and oxygen atoms in total. The molecule has 2 aromatic carbocycles. The minimum atomic E-state index is -0.143. The number of halogens is 1. The van der Waals surface area contributed by atoms with Crippen LogP contribution in [-0.2, 0) is 4.79 Å². The number of esters is 1. The predicted molar refractivity (Wildman–Crippen MR) is 133 cm³/mol. The molecule has 0 bridgehead atoms. The molecule has 176 valence electrons. The van der Waals surface area contributed by atoms with E-state index in [-0.39, 0.29) is 36.0 Å². The molecule has 0 unspecified atom stereocenters. The van der Waals surface area contributed by atoms with Gasteiger partial charge in [0.25, 0.3) is 0 Å². The number of benzene rings is 2. The number of ether oxygens (including phenoxy) is 1. The maximum Gasteiger partial charge on any atom is 0.314 e. The first-order valence-corrected chi connectivity index (χ1v) is 11.6. The summed E-state index contributed by atoms with van der Waals surface area (Å²) in [5.74, 6) is 0.716. The number of hydrogen-bond donors (Lipinski definition) is 1. The summed E-state index contributed by atoms with van der Waals surface area (Å²) >= 11 is 0. The highest BCUT2D eigenvalue weighted by Gasteiger charge is 2.30. The van der Waals surface area contributed by atoms with Gasteiger partial charge in [-0.15, -0.1) is 12.4 Å². The first-order valence-electron chi connectivity index (χ1n) is 11.6. The molecular formula is C27H38ClNO3. The van der Waals surface area contributed by atoms with Gasteiger partial charge in [0.15, 0.2) is 0 Å². The van der Waals surface area contributed by atoms with E-state index in [1.807, 2.05) is 25.1 Å². The lowest BCUT2D eigenvalue weighted by molar-refractivity contribution is -0.141. The van der Waals surface area contributed by atoms with E-state index < -0.39 is 0 Å². The molecule has 1 saturated carbocycles. The van der Waals surface area contributed by atoms with Crippen LogP contribution in [0, 0.1) is 12.8 Å². The van der Waals surface area contributed by atoms with E-state index in [1.165, 1.54) is 5.56 Å². The quantitative estimate of drug-likeness (QED) is 0.345. The zero-order valence-corrected chi connectivity index (χ0v) is 20.8. The second-order valence-electron chi connectivity index (χ2n) is 9.35. The Hall–Kier alpha value is -2.04. The largest absolute Gasteiger partial charge is 0.508 e. The van der Waals surface area contributed by atoms with Gasteiger partial charge in [0.2, 0.25) is 0 Å². The van der Waals surface area contributed by atoms with E-state index in [0.717, 1.165) is 43.4 Å². The molecule has 1 atom stereocenters.